The van der Waals surface area contributed by atoms with Crippen LogP contribution in [-0.2, 0) is 16.0 Å². The second-order valence-electron chi connectivity index (χ2n) is 6.27. The monoisotopic (exact) mass is 384 g/mol. The van der Waals surface area contributed by atoms with Gasteiger partial charge in [-0.25, -0.2) is 4.98 Å². The minimum absolute atomic E-state index is 0.123. The number of imidazole rings is 1. The molecule has 140 valence electrons. The number of amides is 2. The number of hydrogen-bond acceptors (Lipinski definition) is 3. The van der Waals surface area contributed by atoms with Gasteiger partial charge in [-0.2, -0.15) is 0 Å². The highest BCUT2D eigenvalue weighted by Gasteiger charge is 2.21. The molecule has 0 bridgehead atoms. The summed E-state index contributed by atoms with van der Waals surface area (Å²) in [5.41, 5.74) is 2.33. The SMILES string of the molecule is CCC[C@H](NC(=O)Cc1ccccc1Cl)C(=O)Nc1nc2ccccc2[nH]1. The van der Waals surface area contributed by atoms with E-state index >= 15 is 0 Å². The molecule has 1 aromatic heterocycles. The third kappa shape index (κ3) is 4.86. The molecule has 3 N–H and O–H groups in total. The van der Waals surface area contributed by atoms with Gasteiger partial charge in [0.05, 0.1) is 17.5 Å². The van der Waals surface area contributed by atoms with Crippen molar-refractivity contribution in [2.24, 2.45) is 0 Å². The summed E-state index contributed by atoms with van der Waals surface area (Å²) < 4.78 is 0. The van der Waals surface area contributed by atoms with Gasteiger partial charge in [-0.05, 0) is 30.2 Å². The predicted molar refractivity (Wildman–Crippen MR) is 107 cm³/mol. The summed E-state index contributed by atoms with van der Waals surface area (Å²) >= 11 is 6.10. The maximum atomic E-state index is 12.6. The van der Waals surface area contributed by atoms with Crippen LogP contribution in [0, 0.1) is 0 Å². The summed E-state index contributed by atoms with van der Waals surface area (Å²) in [6, 6.07) is 14.0. The van der Waals surface area contributed by atoms with Crippen molar-refractivity contribution in [3.63, 3.8) is 0 Å². The molecule has 0 spiro atoms. The van der Waals surface area contributed by atoms with E-state index < -0.39 is 6.04 Å². The van der Waals surface area contributed by atoms with Gasteiger partial charge in [0, 0.05) is 5.02 Å². The van der Waals surface area contributed by atoms with Gasteiger partial charge < -0.3 is 10.3 Å². The number of fused-ring (bicyclic) bond motifs is 1. The van der Waals surface area contributed by atoms with Crippen molar-refractivity contribution < 1.29 is 9.59 Å². The van der Waals surface area contributed by atoms with E-state index in [2.05, 4.69) is 20.6 Å². The van der Waals surface area contributed by atoms with Crippen molar-refractivity contribution in [2.75, 3.05) is 5.32 Å². The number of carbonyl (C=O) groups excluding carboxylic acids is 2. The number of rotatable bonds is 7. The molecule has 0 aliphatic heterocycles. The van der Waals surface area contributed by atoms with E-state index in [9.17, 15) is 9.59 Å². The highest BCUT2D eigenvalue weighted by Crippen LogP contribution is 2.16. The summed E-state index contributed by atoms with van der Waals surface area (Å²) in [5.74, 6) is -0.188. The topological polar surface area (TPSA) is 86.9 Å². The Morgan fingerprint density at radius 3 is 2.63 bits per heavy atom. The number of para-hydroxylation sites is 2. The summed E-state index contributed by atoms with van der Waals surface area (Å²) in [6.07, 6.45) is 1.41. The number of H-pyrrole nitrogens is 1. The normalized spacial score (nSPS) is 11.9. The Hall–Kier alpha value is -2.86. The van der Waals surface area contributed by atoms with Crippen LogP contribution in [0.1, 0.15) is 25.3 Å². The van der Waals surface area contributed by atoms with Crippen LogP contribution in [-0.4, -0.2) is 27.8 Å². The molecule has 7 heteroatoms. The van der Waals surface area contributed by atoms with Crippen LogP contribution < -0.4 is 10.6 Å². The van der Waals surface area contributed by atoms with Gasteiger partial charge in [0.2, 0.25) is 17.8 Å². The Kier molecular flexibility index (Phi) is 6.08. The Morgan fingerprint density at radius 1 is 1.15 bits per heavy atom. The van der Waals surface area contributed by atoms with E-state index in [1.54, 1.807) is 12.1 Å². The first-order chi connectivity index (χ1) is 13.1. The molecular weight excluding hydrogens is 364 g/mol. The summed E-state index contributed by atoms with van der Waals surface area (Å²) in [7, 11) is 0. The standard InChI is InChI=1S/C20H21ClN4O2/c1-2-7-17(22-18(26)12-13-8-3-4-9-14(13)21)19(27)25-20-23-15-10-5-6-11-16(15)24-20/h3-6,8-11,17H,2,7,12H2,1H3,(H,22,26)(H2,23,24,25,27)/t17-/m0/s1. The van der Waals surface area contributed by atoms with Crippen LogP contribution in [0.2, 0.25) is 5.02 Å². The second-order valence-corrected chi connectivity index (χ2v) is 6.68. The number of nitrogens with zero attached hydrogens (tertiary/aromatic N) is 1. The van der Waals surface area contributed by atoms with Crippen LogP contribution in [0.5, 0.6) is 0 Å². The van der Waals surface area contributed by atoms with Crippen LogP contribution >= 0.6 is 11.6 Å². The number of nitrogens with one attached hydrogen (secondary N) is 3. The lowest BCUT2D eigenvalue weighted by Gasteiger charge is -2.17. The first-order valence-electron chi connectivity index (χ1n) is 8.85. The van der Waals surface area contributed by atoms with Gasteiger partial charge in [0.25, 0.3) is 0 Å². The average Bonchev–Trinajstić information content (AvgIpc) is 3.05. The molecule has 1 atom stereocenters. The third-order valence-corrected chi connectivity index (χ3v) is 4.54. The molecule has 0 saturated carbocycles. The van der Waals surface area contributed by atoms with Gasteiger partial charge in [-0.15, -0.1) is 0 Å². The molecule has 27 heavy (non-hydrogen) atoms. The molecular formula is C20H21ClN4O2. The molecule has 2 aromatic carbocycles. The fourth-order valence-electron chi connectivity index (χ4n) is 2.83. The van der Waals surface area contributed by atoms with E-state index in [1.807, 2.05) is 43.3 Å². The largest absolute Gasteiger partial charge is 0.344 e. The molecule has 1 heterocycles. The Labute approximate surface area is 162 Å². The fraction of sp³-hybridized carbons (Fsp3) is 0.250. The van der Waals surface area contributed by atoms with Crippen molar-refractivity contribution in [3.05, 3.63) is 59.1 Å². The number of aromatic amines is 1. The Bertz CT molecular complexity index is 921. The molecule has 0 aliphatic rings. The molecule has 0 fully saturated rings. The quantitative estimate of drug-likeness (QED) is 0.580. The fourth-order valence-corrected chi connectivity index (χ4v) is 3.04. The van der Waals surface area contributed by atoms with Gasteiger partial charge in [-0.1, -0.05) is 55.3 Å². The van der Waals surface area contributed by atoms with Crippen molar-refractivity contribution >= 4 is 40.4 Å². The van der Waals surface area contributed by atoms with E-state index in [0.29, 0.717) is 17.4 Å². The van der Waals surface area contributed by atoms with Crippen molar-refractivity contribution in [1.82, 2.24) is 15.3 Å². The van der Waals surface area contributed by atoms with Gasteiger partial charge in [0.15, 0.2) is 0 Å². The Morgan fingerprint density at radius 2 is 1.89 bits per heavy atom. The smallest absolute Gasteiger partial charge is 0.249 e. The maximum absolute atomic E-state index is 12.6. The van der Waals surface area contributed by atoms with Crippen molar-refractivity contribution in [3.8, 4) is 0 Å². The van der Waals surface area contributed by atoms with Crippen molar-refractivity contribution in [2.45, 2.75) is 32.2 Å². The highest BCUT2D eigenvalue weighted by atomic mass is 35.5. The van der Waals surface area contributed by atoms with Gasteiger partial charge in [-0.3, -0.25) is 14.9 Å². The number of carbonyl (C=O) groups is 2. The number of benzene rings is 2. The first-order valence-corrected chi connectivity index (χ1v) is 9.23. The van der Waals surface area contributed by atoms with E-state index in [-0.39, 0.29) is 18.2 Å². The number of halogens is 1. The van der Waals surface area contributed by atoms with Gasteiger partial charge >= 0.3 is 0 Å². The van der Waals surface area contributed by atoms with Crippen LogP contribution in [0.4, 0.5) is 5.95 Å². The van der Waals surface area contributed by atoms with Crippen molar-refractivity contribution in [1.29, 1.82) is 0 Å². The predicted octanol–water partition coefficient (Wildman–Crippen LogP) is 3.68. The van der Waals surface area contributed by atoms with E-state index in [1.165, 1.54) is 0 Å². The van der Waals surface area contributed by atoms with Crippen LogP contribution in [0.15, 0.2) is 48.5 Å². The third-order valence-electron chi connectivity index (χ3n) is 4.17. The highest BCUT2D eigenvalue weighted by molar-refractivity contribution is 6.31. The van der Waals surface area contributed by atoms with Crippen LogP contribution in [0.25, 0.3) is 11.0 Å². The lowest BCUT2D eigenvalue weighted by molar-refractivity contribution is -0.126. The zero-order valence-corrected chi connectivity index (χ0v) is 15.7. The average molecular weight is 385 g/mol. The minimum Gasteiger partial charge on any atom is -0.344 e. The summed E-state index contributed by atoms with van der Waals surface area (Å²) in [6.45, 7) is 1.96. The summed E-state index contributed by atoms with van der Waals surface area (Å²) in [4.78, 5) is 32.4. The van der Waals surface area contributed by atoms with E-state index in [0.717, 1.165) is 23.0 Å². The van der Waals surface area contributed by atoms with E-state index in [4.69, 9.17) is 11.6 Å². The molecule has 3 rings (SSSR count). The zero-order chi connectivity index (χ0) is 19.2. The number of aromatic nitrogens is 2. The summed E-state index contributed by atoms with van der Waals surface area (Å²) in [5, 5.41) is 6.08. The molecule has 0 aliphatic carbocycles. The molecule has 3 aromatic rings. The molecule has 2 amide bonds. The minimum atomic E-state index is -0.641. The maximum Gasteiger partial charge on any atom is 0.249 e. The molecule has 6 nitrogen and oxygen atoms in total. The lowest BCUT2D eigenvalue weighted by atomic mass is 10.1. The lowest BCUT2D eigenvalue weighted by Crippen LogP contribution is -2.44. The molecule has 0 saturated heterocycles. The molecule has 0 radical (unpaired) electrons. The number of hydrogen-bond donors (Lipinski definition) is 3. The van der Waals surface area contributed by atoms with Crippen LogP contribution in [0.3, 0.4) is 0 Å². The zero-order valence-electron chi connectivity index (χ0n) is 15.0. The molecule has 0 unspecified atom stereocenters. The Balaban J connectivity index is 1.65. The van der Waals surface area contributed by atoms with Gasteiger partial charge in [0.1, 0.15) is 6.04 Å². The number of anilines is 1. The second kappa shape index (κ2) is 8.68. The first kappa shape index (κ1) is 18.9.